The molecule has 1 N–H and O–H groups in total. The highest BCUT2D eigenvalue weighted by molar-refractivity contribution is 5.60. The first kappa shape index (κ1) is 14.2. The number of anilines is 1. The molecule has 0 aliphatic carbocycles. The van der Waals surface area contributed by atoms with Crippen molar-refractivity contribution < 1.29 is 14.6 Å². The van der Waals surface area contributed by atoms with E-state index in [9.17, 15) is 5.11 Å². The molecule has 1 unspecified atom stereocenters. The molecule has 1 atom stereocenters. The van der Waals surface area contributed by atoms with E-state index in [4.69, 9.17) is 9.47 Å². The number of aliphatic hydroxyl groups excluding tert-OH is 1. The average molecular weight is 265 g/mol. The van der Waals surface area contributed by atoms with Gasteiger partial charge in [-0.05, 0) is 31.9 Å². The van der Waals surface area contributed by atoms with Crippen LogP contribution in [0, 0.1) is 0 Å². The van der Waals surface area contributed by atoms with Crippen molar-refractivity contribution in [3.05, 3.63) is 23.8 Å². The van der Waals surface area contributed by atoms with Gasteiger partial charge in [0.2, 0.25) is 0 Å². The van der Waals surface area contributed by atoms with Crippen LogP contribution in [0.2, 0.25) is 0 Å². The molecule has 1 aromatic rings. The molecule has 1 heterocycles. The fourth-order valence-electron chi connectivity index (χ4n) is 2.71. The number of rotatable bonds is 4. The highest BCUT2D eigenvalue weighted by Gasteiger charge is 2.23. The zero-order valence-electron chi connectivity index (χ0n) is 11.9. The Morgan fingerprint density at radius 3 is 2.63 bits per heavy atom. The number of benzene rings is 1. The van der Waals surface area contributed by atoms with Gasteiger partial charge >= 0.3 is 0 Å². The molecule has 19 heavy (non-hydrogen) atoms. The third-order valence-electron chi connectivity index (χ3n) is 3.80. The number of nitrogens with zero attached hydrogens (tertiary/aromatic N) is 1. The molecule has 0 bridgehead atoms. The molecule has 1 fully saturated rings. The summed E-state index contributed by atoms with van der Waals surface area (Å²) in [5.41, 5.74) is 1.90. The van der Waals surface area contributed by atoms with Gasteiger partial charge in [0.05, 0.1) is 13.2 Å². The molecule has 1 saturated heterocycles. The second-order valence-electron chi connectivity index (χ2n) is 5.02. The van der Waals surface area contributed by atoms with Crippen molar-refractivity contribution in [1.29, 1.82) is 0 Å². The maximum atomic E-state index is 10.0. The standard InChI is InChI=1S/C15H23NO3/c1-11(17)15-13(5-4-6-14(15)18-3)16(2)12-7-9-19-10-8-12/h4-6,11-12,17H,7-10H2,1-3H3. The summed E-state index contributed by atoms with van der Waals surface area (Å²) in [7, 11) is 3.72. The smallest absolute Gasteiger partial charge is 0.126 e. The molecule has 0 aromatic heterocycles. The van der Waals surface area contributed by atoms with E-state index < -0.39 is 6.10 Å². The van der Waals surface area contributed by atoms with Gasteiger partial charge in [0, 0.05) is 37.6 Å². The van der Waals surface area contributed by atoms with E-state index in [0.717, 1.165) is 43.1 Å². The van der Waals surface area contributed by atoms with Gasteiger partial charge in [0.15, 0.2) is 0 Å². The minimum absolute atomic E-state index is 0.457. The quantitative estimate of drug-likeness (QED) is 0.907. The number of ether oxygens (including phenoxy) is 2. The summed E-state index contributed by atoms with van der Waals surface area (Å²) < 4.78 is 10.8. The highest BCUT2D eigenvalue weighted by Crippen LogP contribution is 2.35. The Hall–Kier alpha value is -1.26. The Bertz CT molecular complexity index is 414. The first-order chi connectivity index (χ1) is 9.15. The van der Waals surface area contributed by atoms with E-state index in [0.29, 0.717) is 6.04 Å². The van der Waals surface area contributed by atoms with Crippen molar-refractivity contribution in [1.82, 2.24) is 0 Å². The molecular weight excluding hydrogens is 242 g/mol. The van der Waals surface area contributed by atoms with E-state index in [-0.39, 0.29) is 0 Å². The third kappa shape index (κ3) is 3.01. The van der Waals surface area contributed by atoms with Crippen LogP contribution in [0.5, 0.6) is 5.75 Å². The molecule has 4 nitrogen and oxygen atoms in total. The van der Waals surface area contributed by atoms with E-state index in [2.05, 4.69) is 11.9 Å². The molecular formula is C15H23NO3. The monoisotopic (exact) mass is 265 g/mol. The average Bonchev–Trinajstić information content (AvgIpc) is 2.46. The van der Waals surface area contributed by atoms with Crippen LogP contribution in [0.25, 0.3) is 0 Å². The van der Waals surface area contributed by atoms with Crippen molar-refractivity contribution in [2.24, 2.45) is 0 Å². The predicted molar refractivity (Wildman–Crippen MR) is 75.9 cm³/mol. The van der Waals surface area contributed by atoms with E-state index in [1.807, 2.05) is 18.2 Å². The highest BCUT2D eigenvalue weighted by atomic mass is 16.5. The lowest BCUT2D eigenvalue weighted by atomic mass is 10.0. The van der Waals surface area contributed by atoms with Crippen LogP contribution < -0.4 is 9.64 Å². The fraction of sp³-hybridized carbons (Fsp3) is 0.600. The van der Waals surface area contributed by atoms with Gasteiger partial charge in [-0.1, -0.05) is 6.07 Å². The SMILES string of the molecule is COc1cccc(N(C)C2CCOCC2)c1C(C)O. The minimum Gasteiger partial charge on any atom is -0.496 e. The van der Waals surface area contributed by atoms with E-state index in [1.54, 1.807) is 14.0 Å². The van der Waals surface area contributed by atoms with E-state index in [1.165, 1.54) is 0 Å². The van der Waals surface area contributed by atoms with Crippen molar-refractivity contribution in [2.45, 2.75) is 31.9 Å². The van der Waals surface area contributed by atoms with Gasteiger partial charge in [-0.3, -0.25) is 0 Å². The van der Waals surface area contributed by atoms with Crippen LogP contribution in [-0.4, -0.2) is 38.5 Å². The predicted octanol–water partition coefficient (Wildman–Crippen LogP) is 2.36. The summed E-state index contributed by atoms with van der Waals surface area (Å²) in [5, 5.41) is 10.0. The van der Waals surface area contributed by atoms with Gasteiger partial charge in [-0.15, -0.1) is 0 Å². The zero-order valence-corrected chi connectivity index (χ0v) is 11.9. The zero-order chi connectivity index (χ0) is 13.8. The van der Waals surface area contributed by atoms with Gasteiger partial charge in [-0.2, -0.15) is 0 Å². The molecule has 0 saturated carbocycles. The molecule has 1 aromatic carbocycles. The third-order valence-corrected chi connectivity index (χ3v) is 3.80. The molecule has 1 aliphatic rings. The summed E-state index contributed by atoms with van der Waals surface area (Å²) in [6.07, 6.45) is 1.49. The summed E-state index contributed by atoms with van der Waals surface area (Å²) in [6, 6.07) is 6.36. The number of hydrogen-bond acceptors (Lipinski definition) is 4. The van der Waals surface area contributed by atoms with Crippen LogP contribution in [0.15, 0.2) is 18.2 Å². The van der Waals surface area contributed by atoms with Crippen molar-refractivity contribution in [3.63, 3.8) is 0 Å². The maximum absolute atomic E-state index is 10.0. The lowest BCUT2D eigenvalue weighted by molar-refractivity contribution is 0.0853. The second kappa shape index (κ2) is 6.26. The molecule has 1 aliphatic heterocycles. The summed E-state index contributed by atoms with van der Waals surface area (Å²) in [5.74, 6) is 0.742. The topological polar surface area (TPSA) is 41.9 Å². The fourth-order valence-corrected chi connectivity index (χ4v) is 2.71. The summed E-state index contributed by atoms with van der Waals surface area (Å²) in [4.78, 5) is 2.24. The molecule has 0 amide bonds. The molecule has 2 rings (SSSR count). The van der Waals surface area contributed by atoms with Crippen LogP contribution in [0.4, 0.5) is 5.69 Å². The van der Waals surface area contributed by atoms with Gasteiger partial charge in [-0.25, -0.2) is 0 Å². The summed E-state index contributed by atoms with van der Waals surface area (Å²) >= 11 is 0. The van der Waals surface area contributed by atoms with Crippen molar-refractivity contribution in [3.8, 4) is 5.75 Å². The molecule has 106 valence electrons. The van der Waals surface area contributed by atoms with E-state index >= 15 is 0 Å². The normalized spacial score (nSPS) is 18.1. The molecule has 0 radical (unpaired) electrons. The molecule has 4 heteroatoms. The van der Waals surface area contributed by atoms with Crippen molar-refractivity contribution >= 4 is 5.69 Å². The second-order valence-corrected chi connectivity index (χ2v) is 5.02. The first-order valence-electron chi connectivity index (χ1n) is 6.80. The Morgan fingerprint density at radius 2 is 2.05 bits per heavy atom. The minimum atomic E-state index is -0.548. The summed E-state index contributed by atoms with van der Waals surface area (Å²) in [6.45, 7) is 3.39. The van der Waals surface area contributed by atoms with Crippen LogP contribution >= 0.6 is 0 Å². The first-order valence-corrected chi connectivity index (χ1v) is 6.80. The molecule has 0 spiro atoms. The Labute approximate surface area is 114 Å². The van der Waals surface area contributed by atoms with Crippen LogP contribution in [0.1, 0.15) is 31.4 Å². The van der Waals surface area contributed by atoms with Crippen LogP contribution in [-0.2, 0) is 4.74 Å². The van der Waals surface area contributed by atoms with Gasteiger partial charge in [0.1, 0.15) is 5.75 Å². The Kier molecular flexibility index (Phi) is 4.66. The number of hydrogen-bond donors (Lipinski definition) is 1. The lowest BCUT2D eigenvalue weighted by Crippen LogP contribution is -2.37. The number of methoxy groups -OCH3 is 1. The lowest BCUT2D eigenvalue weighted by Gasteiger charge is -2.35. The Morgan fingerprint density at radius 1 is 1.37 bits per heavy atom. The largest absolute Gasteiger partial charge is 0.496 e. The van der Waals surface area contributed by atoms with Gasteiger partial charge < -0.3 is 19.5 Å². The Balaban J connectivity index is 2.32. The maximum Gasteiger partial charge on any atom is 0.126 e. The van der Waals surface area contributed by atoms with Gasteiger partial charge in [0.25, 0.3) is 0 Å². The van der Waals surface area contributed by atoms with Crippen molar-refractivity contribution in [2.75, 3.05) is 32.3 Å². The number of aliphatic hydroxyl groups is 1. The van der Waals surface area contributed by atoms with Crippen LogP contribution in [0.3, 0.4) is 0 Å².